The van der Waals surface area contributed by atoms with Crippen LogP contribution in [0.1, 0.15) is 5.56 Å². The van der Waals surface area contributed by atoms with Gasteiger partial charge in [0.15, 0.2) is 0 Å². The van der Waals surface area contributed by atoms with Crippen molar-refractivity contribution < 1.29 is 9.00 Å². The van der Waals surface area contributed by atoms with E-state index in [4.69, 9.17) is 0 Å². The summed E-state index contributed by atoms with van der Waals surface area (Å²) in [4.78, 5) is 18.7. The van der Waals surface area contributed by atoms with Crippen LogP contribution in [0.4, 0.5) is 5.82 Å². The number of nitrogens with one attached hydrogen (secondary N) is 1. The quantitative estimate of drug-likeness (QED) is 0.844. The van der Waals surface area contributed by atoms with Crippen LogP contribution in [0, 0.1) is 6.92 Å². The Morgan fingerprint density at radius 1 is 1.26 bits per heavy atom. The van der Waals surface area contributed by atoms with E-state index in [1.165, 1.54) is 0 Å². The van der Waals surface area contributed by atoms with Gasteiger partial charge in [-0.2, -0.15) is 0 Å². The topological polar surface area (TPSA) is 62.3 Å². The molecule has 0 radical (unpaired) electrons. The van der Waals surface area contributed by atoms with Crippen molar-refractivity contribution in [3.05, 3.63) is 54.2 Å². The molecular weight excluding hydrogens is 310 g/mol. The van der Waals surface area contributed by atoms with E-state index < -0.39 is 10.8 Å². The van der Waals surface area contributed by atoms with Gasteiger partial charge in [0, 0.05) is 23.4 Å². The van der Waals surface area contributed by atoms with Crippen molar-refractivity contribution in [2.75, 3.05) is 31.2 Å². The number of pyridine rings is 1. The molecule has 0 saturated heterocycles. The van der Waals surface area contributed by atoms with E-state index in [1.54, 1.807) is 6.20 Å². The Labute approximate surface area is 139 Å². The second-order valence-electron chi connectivity index (χ2n) is 5.37. The van der Waals surface area contributed by atoms with Crippen LogP contribution in [-0.4, -0.2) is 45.9 Å². The fourth-order valence-corrected chi connectivity index (χ4v) is 3.21. The molecule has 1 amide bonds. The minimum absolute atomic E-state index is 0.129. The van der Waals surface area contributed by atoms with E-state index >= 15 is 0 Å². The van der Waals surface area contributed by atoms with Crippen molar-refractivity contribution in [3.63, 3.8) is 0 Å². The lowest BCUT2D eigenvalue weighted by Gasteiger charge is -2.15. The van der Waals surface area contributed by atoms with E-state index in [0.29, 0.717) is 18.1 Å². The average molecular weight is 331 g/mol. The molecule has 6 heteroatoms. The summed E-state index contributed by atoms with van der Waals surface area (Å²) >= 11 is 0. The number of benzene rings is 1. The molecule has 5 nitrogen and oxygen atoms in total. The third kappa shape index (κ3) is 5.92. The van der Waals surface area contributed by atoms with Crippen LogP contribution in [0.3, 0.4) is 0 Å². The van der Waals surface area contributed by atoms with Crippen LogP contribution in [0.5, 0.6) is 0 Å². The predicted molar refractivity (Wildman–Crippen MR) is 92.8 cm³/mol. The van der Waals surface area contributed by atoms with Gasteiger partial charge in [-0.1, -0.05) is 18.2 Å². The van der Waals surface area contributed by atoms with Crippen molar-refractivity contribution in [1.29, 1.82) is 0 Å². The van der Waals surface area contributed by atoms with Gasteiger partial charge >= 0.3 is 0 Å². The molecule has 2 aromatic rings. The molecule has 0 aliphatic carbocycles. The number of likely N-dealkylation sites (N-methyl/N-ethyl adjacent to an activating group) is 1. The van der Waals surface area contributed by atoms with Gasteiger partial charge in [-0.05, 0) is 43.8 Å². The third-order valence-corrected chi connectivity index (χ3v) is 4.61. The minimum atomic E-state index is -1.05. The number of aryl methyl sites for hydroxylation is 1. The molecule has 0 spiro atoms. The van der Waals surface area contributed by atoms with Gasteiger partial charge in [-0.15, -0.1) is 0 Å². The molecule has 1 atom stereocenters. The Hall–Kier alpha value is -2.05. The summed E-state index contributed by atoms with van der Waals surface area (Å²) in [5.41, 5.74) is 1.04. The van der Waals surface area contributed by atoms with Crippen LogP contribution in [0.15, 0.2) is 53.6 Å². The van der Waals surface area contributed by atoms with Crippen molar-refractivity contribution in [3.8, 4) is 0 Å². The highest BCUT2D eigenvalue weighted by atomic mass is 32.2. The normalized spacial score (nSPS) is 12.1. The van der Waals surface area contributed by atoms with Gasteiger partial charge in [-0.3, -0.25) is 13.9 Å². The number of rotatable bonds is 7. The van der Waals surface area contributed by atoms with Crippen LogP contribution in [0.25, 0.3) is 0 Å². The smallest absolute Gasteiger partial charge is 0.239 e. The first kappa shape index (κ1) is 17.3. The van der Waals surface area contributed by atoms with Crippen LogP contribution in [0.2, 0.25) is 0 Å². The summed E-state index contributed by atoms with van der Waals surface area (Å²) in [7, 11) is 0.793. The number of carbonyl (C=O) groups excluding carboxylic acids is 1. The van der Waals surface area contributed by atoms with E-state index in [9.17, 15) is 9.00 Å². The Kier molecular flexibility index (Phi) is 6.43. The molecule has 0 aliphatic heterocycles. The number of hydrogen-bond donors (Lipinski definition) is 1. The number of carbonyl (C=O) groups is 1. The van der Waals surface area contributed by atoms with E-state index in [1.807, 2.05) is 61.3 Å². The molecule has 0 fully saturated rings. The average Bonchev–Trinajstić information content (AvgIpc) is 2.53. The minimum Gasteiger partial charge on any atom is -0.310 e. The molecule has 23 heavy (non-hydrogen) atoms. The summed E-state index contributed by atoms with van der Waals surface area (Å²) in [6, 6.07) is 13.1. The van der Waals surface area contributed by atoms with Crippen molar-refractivity contribution in [1.82, 2.24) is 9.88 Å². The first-order chi connectivity index (χ1) is 11.0. The van der Waals surface area contributed by atoms with Crippen molar-refractivity contribution >= 4 is 22.5 Å². The number of nitrogens with zero attached hydrogens (tertiary/aromatic N) is 2. The molecule has 2 rings (SSSR count). The van der Waals surface area contributed by atoms with Crippen molar-refractivity contribution in [2.24, 2.45) is 0 Å². The summed E-state index contributed by atoms with van der Waals surface area (Å²) in [6.45, 7) is 2.76. The Morgan fingerprint density at radius 3 is 2.70 bits per heavy atom. The fourth-order valence-electron chi connectivity index (χ4n) is 2.04. The molecule has 1 N–H and O–H groups in total. The van der Waals surface area contributed by atoms with Gasteiger partial charge in [0.05, 0.1) is 17.3 Å². The molecule has 0 aliphatic rings. The molecule has 122 valence electrons. The number of amides is 1. The Morgan fingerprint density at radius 2 is 2.00 bits per heavy atom. The second-order valence-corrected chi connectivity index (χ2v) is 6.94. The van der Waals surface area contributed by atoms with E-state index in [0.717, 1.165) is 10.5 Å². The third-order valence-electron chi connectivity index (χ3n) is 3.26. The first-order valence-corrected chi connectivity index (χ1v) is 8.71. The highest BCUT2D eigenvalue weighted by Gasteiger charge is 2.10. The maximum Gasteiger partial charge on any atom is 0.239 e. The zero-order chi connectivity index (χ0) is 16.7. The maximum atomic E-state index is 12.1. The van der Waals surface area contributed by atoms with E-state index in [-0.39, 0.29) is 12.5 Å². The lowest BCUT2D eigenvalue weighted by atomic mass is 10.3. The summed E-state index contributed by atoms with van der Waals surface area (Å²) in [5.74, 6) is 0.920. The molecule has 0 saturated carbocycles. The molecule has 0 bridgehead atoms. The molecular formula is C17H21N3O2S. The van der Waals surface area contributed by atoms with Gasteiger partial charge in [0.25, 0.3) is 0 Å². The van der Waals surface area contributed by atoms with Gasteiger partial charge in [-0.25, -0.2) is 4.98 Å². The molecule has 1 aromatic heterocycles. The molecule has 1 heterocycles. The maximum absolute atomic E-state index is 12.1. The Balaban J connectivity index is 1.77. The van der Waals surface area contributed by atoms with Gasteiger partial charge < -0.3 is 5.32 Å². The lowest BCUT2D eigenvalue weighted by molar-refractivity contribution is -0.117. The standard InChI is InChI=1S/C17H21N3O2S/c1-14-8-9-18-16(12-14)19-17(21)13-20(2)10-11-23(22)15-6-4-3-5-7-15/h3-9,12H,10-11,13H2,1-2H3,(H,18,19,21)/t23-/m0/s1. The van der Waals surface area contributed by atoms with Crippen molar-refractivity contribution in [2.45, 2.75) is 11.8 Å². The number of hydrogen-bond acceptors (Lipinski definition) is 4. The number of aromatic nitrogens is 1. The highest BCUT2D eigenvalue weighted by molar-refractivity contribution is 7.85. The molecule has 1 aromatic carbocycles. The fraction of sp³-hybridized carbons (Fsp3) is 0.294. The summed E-state index contributed by atoms with van der Waals surface area (Å²) in [5, 5.41) is 2.77. The van der Waals surface area contributed by atoms with Crippen LogP contribution >= 0.6 is 0 Å². The number of anilines is 1. The summed E-state index contributed by atoms with van der Waals surface area (Å²) in [6.07, 6.45) is 1.66. The largest absolute Gasteiger partial charge is 0.310 e. The first-order valence-electron chi connectivity index (χ1n) is 7.39. The molecule has 0 unspecified atom stereocenters. The Bertz CT molecular complexity index is 677. The monoisotopic (exact) mass is 331 g/mol. The van der Waals surface area contributed by atoms with Crippen LogP contribution in [-0.2, 0) is 15.6 Å². The second kappa shape index (κ2) is 8.55. The van der Waals surface area contributed by atoms with E-state index in [2.05, 4.69) is 10.3 Å². The zero-order valence-electron chi connectivity index (χ0n) is 13.4. The summed E-state index contributed by atoms with van der Waals surface area (Å²) < 4.78 is 12.1. The predicted octanol–water partition coefficient (Wildman–Crippen LogP) is 2.07. The van der Waals surface area contributed by atoms with Gasteiger partial charge in [0.2, 0.25) is 5.91 Å². The zero-order valence-corrected chi connectivity index (χ0v) is 14.2. The SMILES string of the molecule is Cc1ccnc(NC(=O)CN(C)CC[S@](=O)c2ccccc2)c1. The highest BCUT2D eigenvalue weighted by Crippen LogP contribution is 2.07. The lowest BCUT2D eigenvalue weighted by Crippen LogP contribution is -2.33. The van der Waals surface area contributed by atoms with Crippen LogP contribution < -0.4 is 5.32 Å². The van der Waals surface area contributed by atoms with Gasteiger partial charge in [0.1, 0.15) is 5.82 Å².